The SMILES string of the molecule is Cc1cn2c(C)nc(C)c2cn1. The lowest BCUT2D eigenvalue weighted by Crippen LogP contribution is -1.90. The van der Waals surface area contributed by atoms with Crippen LogP contribution in [0.5, 0.6) is 0 Å². The minimum Gasteiger partial charge on any atom is -0.300 e. The fourth-order valence-corrected chi connectivity index (χ4v) is 1.40. The zero-order valence-corrected chi connectivity index (χ0v) is 7.50. The molecule has 0 N–H and O–H groups in total. The van der Waals surface area contributed by atoms with E-state index in [1.165, 1.54) is 0 Å². The molecule has 0 spiro atoms. The molecule has 0 unspecified atom stereocenters. The van der Waals surface area contributed by atoms with Gasteiger partial charge in [0, 0.05) is 6.20 Å². The normalized spacial score (nSPS) is 10.9. The van der Waals surface area contributed by atoms with Crippen LogP contribution in [0.25, 0.3) is 5.52 Å². The zero-order valence-electron chi connectivity index (χ0n) is 7.50. The summed E-state index contributed by atoms with van der Waals surface area (Å²) < 4.78 is 2.07. The molecular formula is C9H11N3. The van der Waals surface area contributed by atoms with Crippen molar-refractivity contribution in [3.8, 4) is 0 Å². The van der Waals surface area contributed by atoms with Crippen LogP contribution >= 0.6 is 0 Å². The van der Waals surface area contributed by atoms with Crippen molar-refractivity contribution in [3.05, 3.63) is 29.6 Å². The van der Waals surface area contributed by atoms with E-state index in [2.05, 4.69) is 14.4 Å². The molecule has 0 atom stereocenters. The van der Waals surface area contributed by atoms with Gasteiger partial charge in [-0.2, -0.15) is 0 Å². The number of aromatic nitrogens is 3. The van der Waals surface area contributed by atoms with Crippen molar-refractivity contribution < 1.29 is 0 Å². The lowest BCUT2D eigenvalue weighted by molar-refractivity contribution is 1.00. The molecule has 0 saturated carbocycles. The largest absolute Gasteiger partial charge is 0.300 e. The Morgan fingerprint density at radius 2 is 2.00 bits per heavy atom. The molecule has 2 aromatic rings. The standard InChI is InChI=1S/C9H11N3/c1-6-5-12-8(3)11-7(2)9(12)4-10-6/h4-5H,1-3H3. The maximum absolute atomic E-state index is 4.35. The molecule has 12 heavy (non-hydrogen) atoms. The summed E-state index contributed by atoms with van der Waals surface area (Å²) in [6.45, 7) is 5.98. The molecule has 2 heterocycles. The molecule has 0 aliphatic carbocycles. The van der Waals surface area contributed by atoms with Crippen LogP contribution in [0.1, 0.15) is 17.2 Å². The van der Waals surface area contributed by atoms with Crippen LogP contribution in [0.15, 0.2) is 12.4 Å². The highest BCUT2D eigenvalue weighted by atomic mass is 15.0. The first-order chi connectivity index (χ1) is 5.68. The highest BCUT2D eigenvalue weighted by molar-refractivity contribution is 5.50. The average Bonchev–Trinajstić information content (AvgIpc) is 2.28. The number of fused-ring (bicyclic) bond motifs is 1. The van der Waals surface area contributed by atoms with E-state index in [9.17, 15) is 0 Å². The zero-order chi connectivity index (χ0) is 8.72. The first kappa shape index (κ1) is 7.28. The number of aryl methyl sites for hydroxylation is 3. The average molecular weight is 161 g/mol. The van der Waals surface area contributed by atoms with Gasteiger partial charge in [0.15, 0.2) is 0 Å². The van der Waals surface area contributed by atoms with Gasteiger partial charge in [-0.15, -0.1) is 0 Å². The molecule has 0 amide bonds. The highest BCUT2D eigenvalue weighted by Crippen LogP contribution is 2.10. The maximum atomic E-state index is 4.35. The smallest absolute Gasteiger partial charge is 0.110 e. The van der Waals surface area contributed by atoms with E-state index in [0.29, 0.717) is 0 Å². The lowest BCUT2D eigenvalue weighted by atomic mass is 10.4. The summed E-state index contributed by atoms with van der Waals surface area (Å²) in [5, 5.41) is 0. The molecule has 0 saturated heterocycles. The van der Waals surface area contributed by atoms with E-state index >= 15 is 0 Å². The van der Waals surface area contributed by atoms with E-state index in [0.717, 1.165) is 22.7 Å². The van der Waals surface area contributed by atoms with Gasteiger partial charge in [0.2, 0.25) is 0 Å². The summed E-state index contributed by atoms with van der Waals surface area (Å²) in [6, 6.07) is 0. The number of hydrogen-bond donors (Lipinski definition) is 0. The van der Waals surface area contributed by atoms with Gasteiger partial charge < -0.3 is 4.40 Å². The number of hydrogen-bond acceptors (Lipinski definition) is 2. The third kappa shape index (κ3) is 0.897. The van der Waals surface area contributed by atoms with Crippen LogP contribution in [0.3, 0.4) is 0 Å². The minimum absolute atomic E-state index is 1.02. The Kier molecular flexibility index (Phi) is 1.40. The molecule has 3 nitrogen and oxygen atoms in total. The van der Waals surface area contributed by atoms with Gasteiger partial charge >= 0.3 is 0 Å². The van der Waals surface area contributed by atoms with Gasteiger partial charge in [-0.1, -0.05) is 0 Å². The van der Waals surface area contributed by atoms with E-state index in [-0.39, 0.29) is 0 Å². The van der Waals surface area contributed by atoms with Crippen molar-refractivity contribution in [1.29, 1.82) is 0 Å². The summed E-state index contributed by atoms with van der Waals surface area (Å²) in [6.07, 6.45) is 3.87. The van der Waals surface area contributed by atoms with E-state index < -0.39 is 0 Å². The van der Waals surface area contributed by atoms with Crippen molar-refractivity contribution in [1.82, 2.24) is 14.4 Å². The van der Waals surface area contributed by atoms with Crippen LogP contribution < -0.4 is 0 Å². The molecule has 3 heteroatoms. The minimum atomic E-state index is 1.02. The summed E-state index contributed by atoms with van der Waals surface area (Å²) in [7, 11) is 0. The van der Waals surface area contributed by atoms with Gasteiger partial charge in [0.05, 0.1) is 23.1 Å². The van der Waals surface area contributed by atoms with Gasteiger partial charge in [-0.3, -0.25) is 4.98 Å². The van der Waals surface area contributed by atoms with Crippen molar-refractivity contribution >= 4 is 5.52 Å². The lowest BCUT2D eigenvalue weighted by Gasteiger charge is -1.96. The predicted octanol–water partition coefficient (Wildman–Crippen LogP) is 1.65. The molecule has 0 aliphatic heterocycles. The van der Waals surface area contributed by atoms with Gasteiger partial charge in [0.1, 0.15) is 5.82 Å². The Balaban J connectivity index is 2.90. The van der Waals surface area contributed by atoms with Crippen LogP contribution in [-0.4, -0.2) is 14.4 Å². The molecule has 0 fully saturated rings. The second-order valence-electron chi connectivity index (χ2n) is 3.03. The molecule has 0 radical (unpaired) electrons. The third-order valence-electron chi connectivity index (χ3n) is 2.01. The molecular weight excluding hydrogens is 150 g/mol. The first-order valence-corrected chi connectivity index (χ1v) is 3.96. The summed E-state index contributed by atoms with van der Waals surface area (Å²) >= 11 is 0. The fourth-order valence-electron chi connectivity index (χ4n) is 1.40. The van der Waals surface area contributed by atoms with Crippen LogP contribution in [0, 0.1) is 20.8 Å². The summed E-state index contributed by atoms with van der Waals surface area (Å²) in [5.74, 6) is 1.02. The fraction of sp³-hybridized carbons (Fsp3) is 0.333. The van der Waals surface area contributed by atoms with Gasteiger partial charge in [-0.05, 0) is 20.8 Å². The third-order valence-corrected chi connectivity index (χ3v) is 2.01. The second kappa shape index (κ2) is 2.30. The Morgan fingerprint density at radius 3 is 2.75 bits per heavy atom. The molecule has 2 aromatic heterocycles. The van der Waals surface area contributed by atoms with Crippen molar-refractivity contribution in [2.45, 2.75) is 20.8 Å². The molecule has 0 bridgehead atoms. The Bertz CT molecular complexity index is 429. The summed E-state index contributed by atoms with van der Waals surface area (Å²) in [4.78, 5) is 8.57. The van der Waals surface area contributed by atoms with E-state index in [1.807, 2.05) is 33.2 Å². The van der Waals surface area contributed by atoms with Crippen LogP contribution in [-0.2, 0) is 0 Å². The summed E-state index contributed by atoms with van der Waals surface area (Å²) in [5.41, 5.74) is 3.15. The topological polar surface area (TPSA) is 30.2 Å². The molecule has 0 aliphatic rings. The Labute approximate surface area is 71.1 Å². The predicted molar refractivity (Wildman–Crippen MR) is 47.2 cm³/mol. The Hall–Kier alpha value is -1.38. The maximum Gasteiger partial charge on any atom is 0.110 e. The van der Waals surface area contributed by atoms with Crippen LogP contribution in [0.2, 0.25) is 0 Å². The molecule has 62 valence electrons. The monoisotopic (exact) mass is 161 g/mol. The van der Waals surface area contributed by atoms with Crippen LogP contribution in [0.4, 0.5) is 0 Å². The second-order valence-corrected chi connectivity index (χ2v) is 3.03. The molecule has 2 rings (SSSR count). The van der Waals surface area contributed by atoms with Gasteiger partial charge in [0.25, 0.3) is 0 Å². The van der Waals surface area contributed by atoms with Crippen molar-refractivity contribution in [3.63, 3.8) is 0 Å². The Morgan fingerprint density at radius 1 is 1.25 bits per heavy atom. The molecule has 0 aromatic carbocycles. The van der Waals surface area contributed by atoms with Crippen molar-refractivity contribution in [2.75, 3.05) is 0 Å². The van der Waals surface area contributed by atoms with E-state index in [1.54, 1.807) is 0 Å². The highest BCUT2D eigenvalue weighted by Gasteiger charge is 2.03. The van der Waals surface area contributed by atoms with E-state index in [4.69, 9.17) is 0 Å². The quantitative estimate of drug-likeness (QED) is 0.588. The van der Waals surface area contributed by atoms with Crippen molar-refractivity contribution in [2.24, 2.45) is 0 Å². The number of rotatable bonds is 0. The number of imidazole rings is 1. The number of nitrogens with zero attached hydrogens (tertiary/aromatic N) is 3. The van der Waals surface area contributed by atoms with Gasteiger partial charge in [-0.25, -0.2) is 4.98 Å². The first-order valence-electron chi connectivity index (χ1n) is 3.96.